The Balaban J connectivity index is 2.10. The van der Waals surface area contributed by atoms with E-state index in [4.69, 9.17) is 16.2 Å². The normalized spacial score (nSPS) is 10.6. The number of unbranched alkanes of at least 4 members (excludes halogenated alkanes) is 7. The third-order valence-electron chi connectivity index (χ3n) is 4.92. The van der Waals surface area contributed by atoms with Gasteiger partial charge in [0.1, 0.15) is 0 Å². The minimum absolute atomic E-state index is 0.173. The van der Waals surface area contributed by atoms with Crippen LogP contribution in [0.4, 0.5) is 16.2 Å². The van der Waals surface area contributed by atoms with Gasteiger partial charge in [0.15, 0.2) is 0 Å². The maximum Gasteiger partial charge on any atom is 0.319 e. The highest BCUT2D eigenvalue weighted by molar-refractivity contribution is 5.89. The van der Waals surface area contributed by atoms with Gasteiger partial charge in [-0.1, -0.05) is 32.3 Å². The third-order valence-corrected chi connectivity index (χ3v) is 4.92. The lowest BCUT2D eigenvalue weighted by molar-refractivity contribution is 0.137. The highest BCUT2D eigenvalue weighted by Crippen LogP contribution is 2.14. The SMILES string of the molecule is C=C(NCCCCCOCCN)Nc1ccc(NC(=O)NCCCCCCCCN)cc1. The van der Waals surface area contributed by atoms with Gasteiger partial charge in [-0.2, -0.15) is 0 Å². The molecule has 1 aromatic carbocycles. The van der Waals surface area contributed by atoms with Crippen LogP contribution in [0.3, 0.4) is 0 Å². The number of ether oxygens (including phenoxy) is 1. The van der Waals surface area contributed by atoms with E-state index in [1.807, 2.05) is 24.3 Å². The summed E-state index contributed by atoms with van der Waals surface area (Å²) in [6.45, 7) is 8.30. The van der Waals surface area contributed by atoms with Crippen LogP contribution in [-0.2, 0) is 4.74 Å². The molecule has 1 rings (SSSR count). The van der Waals surface area contributed by atoms with Gasteiger partial charge >= 0.3 is 6.03 Å². The molecule has 0 radical (unpaired) electrons. The van der Waals surface area contributed by atoms with Gasteiger partial charge in [-0.25, -0.2) is 4.79 Å². The molecule has 0 fully saturated rings. The molecular formula is C24H44N6O2. The number of nitrogens with two attached hydrogens (primary N) is 2. The molecule has 0 aromatic heterocycles. The molecule has 8 nitrogen and oxygen atoms in total. The standard InChI is InChI=1S/C24H44N6O2/c1-21(27-17-9-6-10-19-32-20-16-26)29-22-11-13-23(14-12-22)30-24(31)28-18-8-5-3-2-4-7-15-25/h11-14,27,29H,1-10,15-20,25-26H2,(H2,28,30,31). The molecule has 0 saturated heterocycles. The van der Waals surface area contributed by atoms with Crippen molar-refractivity contribution in [2.45, 2.75) is 57.8 Å². The molecule has 182 valence electrons. The van der Waals surface area contributed by atoms with Crippen molar-refractivity contribution in [1.29, 1.82) is 0 Å². The van der Waals surface area contributed by atoms with Crippen molar-refractivity contribution in [3.05, 3.63) is 36.7 Å². The summed E-state index contributed by atoms with van der Waals surface area (Å²) in [4.78, 5) is 12.0. The third kappa shape index (κ3) is 15.5. The minimum Gasteiger partial charge on any atom is -0.380 e. The number of urea groups is 1. The number of benzene rings is 1. The Labute approximate surface area is 193 Å². The second kappa shape index (κ2) is 19.4. The van der Waals surface area contributed by atoms with Crippen LogP contribution in [-0.4, -0.2) is 45.4 Å². The first-order valence-electron chi connectivity index (χ1n) is 12.0. The molecule has 0 saturated carbocycles. The van der Waals surface area contributed by atoms with Gasteiger partial charge in [-0.05, 0) is 62.9 Å². The number of nitrogens with one attached hydrogen (secondary N) is 4. The Hall–Kier alpha value is -2.29. The lowest BCUT2D eigenvalue weighted by Crippen LogP contribution is -2.29. The molecule has 0 heterocycles. The smallest absolute Gasteiger partial charge is 0.319 e. The molecule has 0 aliphatic carbocycles. The zero-order valence-electron chi connectivity index (χ0n) is 19.6. The second-order valence-corrected chi connectivity index (χ2v) is 7.86. The van der Waals surface area contributed by atoms with Crippen LogP contribution in [0.2, 0.25) is 0 Å². The number of anilines is 2. The number of hydrogen-bond donors (Lipinski definition) is 6. The lowest BCUT2D eigenvalue weighted by atomic mass is 10.1. The van der Waals surface area contributed by atoms with Gasteiger partial charge in [0.25, 0.3) is 0 Å². The zero-order valence-corrected chi connectivity index (χ0v) is 19.6. The summed E-state index contributed by atoms with van der Waals surface area (Å²) in [6, 6.07) is 7.40. The second-order valence-electron chi connectivity index (χ2n) is 7.86. The van der Waals surface area contributed by atoms with Crippen LogP contribution in [0, 0.1) is 0 Å². The van der Waals surface area contributed by atoms with Gasteiger partial charge < -0.3 is 37.5 Å². The predicted molar refractivity (Wildman–Crippen MR) is 135 cm³/mol. The Bertz CT molecular complexity index is 556. The molecule has 32 heavy (non-hydrogen) atoms. The topological polar surface area (TPSA) is 126 Å². The van der Waals surface area contributed by atoms with Crippen LogP contribution < -0.4 is 32.7 Å². The van der Waals surface area contributed by atoms with E-state index in [0.29, 0.717) is 19.7 Å². The van der Waals surface area contributed by atoms with E-state index < -0.39 is 0 Å². The summed E-state index contributed by atoms with van der Waals surface area (Å²) in [5, 5.41) is 12.3. The molecule has 0 aliphatic rings. The van der Waals surface area contributed by atoms with E-state index >= 15 is 0 Å². The Morgan fingerprint density at radius 2 is 1.28 bits per heavy atom. The van der Waals surface area contributed by atoms with Gasteiger partial charge in [0.05, 0.1) is 12.4 Å². The van der Waals surface area contributed by atoms with Crippen molar-refractivity contribution in [2.75, 3.05) is 50.0 Å². The fraction of sp³-hybridized carbons (Fsp3) is 0.625. The maximum atomic E-state index is 12.0. The maximum absolute atomic E-state index is 12.0. The summed E-state index contributed by atoms with van der Waals surface area (Å²) in [7, 11) is 0. The van der Waals surface area contributed by atoms with E-state index in [1.54, 1.807) is 0 Å². The van der Waals surface area contributed by atoms with E-state index in [9.17, 15) is 4.79 Å². The highest BCUT2D eigenvalue weighted by atomic mass is 16.5. The van der Waals surface area contributed by atoms with E-state index in [1.165, 1.54) is 19.3 Å². The Morgan fingerprint density at radius 1 is 0.719 bits per heavy atom. The molecule has 0 bridgehead atoms. The molecule has 0 unspecified atom stereocenters. The first-order chi connectivity index (χ1) is 15.7. The van der Waals surface area contributed by atoms with Gasteiger partial charge in [0, 0.05) is 37.6 Å². The minimum atomic E-state index is -0.173. The van der Waals surface area contributed by atoms with E-state index in [0.717, 1.165) is 75.4 Å². The number of amides is 2. The first-order valence-corrected chi connectivity index (χ1v) is 12.0. The van der Waals surface area contributed by atoms with Crippen LogP contribution in [0.5, 0.6) is 0 Å². The monoisotopic (exact) mass is 448 g/mol. The molecule has 1 aromatic rings. The average Bonchev–Trinajstić information content (AvgIpc) is 2.78. The number of carbonyl (C=O) groups excluding carboxylic acids is 1. The van der Waals surface area contributed by atoms with Crippen LogP contribution in [0.15, 0.2) is 36.7 Å². The van der Waals surface area contributed by atoms with Crippen molar-refractivity contribution in [1.82, 2.24) is 10.6 Å². The zero-order chi connectivity index (χ0) is 23.3. The van der Waals surface area contributed by atoms with Crippen LogP contribution >= 0.6 is 0 Å². The molecule has 0 spiro atoms. The molecule has 2 amide bonds. The van der Waals surface area contributed by atoms with Crippen molar-refractivity contribution in [2.24, 2.45) is 11.5 Å². The lowest BCUT2D eigenvalue weighted by Gasteiger charge is -2.13. The Morgan fingerprint density at radius 3 is 1.94 bits per heavy atom. The molecule has 0 aliphatic heterocycles. The summed E-state index contributed by atoms with van der Waals surface area (Å²) in [5.74, 6) is 0.755. The quantitative estimate of drug-likeness (QED) is 0.169. The molecule has 8 heteroatoms. The van der Waals surface area contributed by atoms with Gasteiger partial charge in [-0.15, -0.1) is 0 Å². The van der Waals surface area contributed by atoms with Crippen molar-refractivity contribution < 1.29 is 9.53 Å². The van der Waals surface area contributed by atoms with E-state index in [-0.39, 0.29) is 6.03 Å². The first kappa shape index (κ1) is 27.7. The van der Waals surface area contributed by atoms with Gasteiger partial charge in [-0.3, -0.25) is 0 Å². The largest absolute Gasteiger partial charge is 0.380 e. The van der Waals surface area contributed by atoms with Crippen LogP contribution in [0.25, 0.3) is 0 Å². The fourth-order valence-corrected chi connectivity index (χ4v) is 3.14. The average molecular weight is 449 g/mol. The predicted octanol–water partition coefficient (Wildman–Crippen LogP) is 3.73. The number of rotatable bonds is 20. The van der Waals surface area contributed by atoms with Crippen LogP contribution in [0.1, 0.15) is 57.8 Å². The summed E-state index contributed by atoms with van der Waals surface area (Å²) < 4.78 is 5.36. The molecular weight excluding hydrogens is 404 g/mol. The fourth-order valence-electron chi connectivity index (χ4n) is 3.14. The summed E-state index contributed by atoms with van der Waals surface area (Å²) >= 11 is 0. The Kier molecular flexibility index (Phi) is 16.8. The summed E-state index contributed by atoms with van der Waals surface area (Å²) in [6.07, 6.45) is 10.0. The highest BCUT2D eigenvalue weighted by Gasteiger charge is 2.02. The molecule has 0 atom stereocenters. The van der Waals surface area contributed by atoms with E-state index in [2.05, 4.69) is 27.8 Å². The van der Waals surface area contributed by atoms with Crippen molar-refractivity contribution >= 4 is 17.4 Å². The number of hydrogen-bond acceptors (Lipinski definition) is 6. The number of carbonyl (C=O) groups is 1. The van der Waals surface area contributed by atoms with Crippen molar-refractivity contribution in [3.8, 4) is 0 Å². The van der Waals surface area contributed by atoms with Crippen molar-refractivity contribution in [3.63, 3.8) is 0 Å². The van der Waals surface area contributed by atoms with Gasteiger partial charge in [0.2, 0.25) is 0 Å². The summed E-state index contributed by atoms with van der Waals surface area (Å²) in [5.41, 5.74) is 12.5. The molecule has 8 N–H and O–H groups in total.